The molecule has 0 spiro atoms. The number of amides is 1. The van der Waals surface area contributed by atoms with E-state index < -0.39 is 28.9 Å². The van der Waals surface area contributed by atoms with Crippen molar-refractivity contribution in [3.63, 3.8) is 0 Å². The molecular weight excluding hydrogens is 408 g/mol. The molecule has 9 heteroatoms. The maximum absolute atomic E-state index is 12.3. The van der Waals surface area contributed by atoms with Crippen molar-refractivity contribution in [1.82, 2.24) is 4.90 Å². The van der Waals surface area contributed by atoms with E-state index in [1.165, 1.54) is 10.4 Å². The third-order valence-corrected chi connectivity index (χ3v) is 5.79. The van der Waals surface area contributed by atoms with Gasteiger partial charge in [0, 0.05) is 35.8 Å². The molecule has 1 aliphatic heterocycles. The van der Waals surface area contributed by atoms with Crippen LogP contribution in [0.15, 0.2) is 36.4 Å². The molecule has 1 atom stereocenters. The first kappa shape index (κ1) is 22.0. The standard InChI is InChI=1S/C21H26N2O6S/c1-21(2,3)29-20(26)22-12-10-14(11-13-22)23(30(27)28)18-9-5-6-15-16(18)7-4-8-17(15)19(24)25/h4-9,14H,10-13H2,1-3H3,(H,24,25)(H,27,28)/p-1. The monoisotopic (exact) mass is 433 g/mol. The van der Waals surface area contributed by atoms with E-state index in [0.29, 0.717) is 42.4 Å². The zero-order valence-corrected chi connectivity index (χ0v) is 18.0. The average molecular weight is 434 g/mol. The van der Waals surface area contributed by atoms with Gasteiger partial charge in [-0.1, -0.05) is 24.3 Å². The molecule has 1 heterocycles. The third-order valence-electron chi connectivity index (χ3n) is 4.98. The van der Waals surface area contributed by atoms with E-state index in [0.717, 1.165) is 0 Å². The first-order valence-electron chi connectivity index (χ1n) is 9.70. The highest BCUT2D eigenvalue weighted by Gasteiger charge is 2.31. The Balaban J connectivity index is 1.87. The summed E-state index contributed by atoms with van der Waals surface area (Å²) in [5, 5.41) is 10.5. The lowest BCUT2D eigenvalue weighted by atomic mass is 10.0. The highest BCUT2D eigenvalue weighted by molar-refractivity contribution is 7.80. The molecule has 1 saturated heterocycles. The second-order valence-corrected chi connectivity index (χ2v) is 9.05. The van der Waals surface area contributed by atoms with Crippen LogP contribution in [-0.4, -0.2) is 55.6 Å². The van der Waals surface area contributed by atoms with Crippen LogP contribution in [0.1, 0.15) is 44.0 Å². The second kappa shape index (κ2) is 8.61. The van der Waals surface area contributed by atoms with Crippen LogP contribution in [0.3, 0.4) is 0 Å². The van der Waals surface area contributed by atoms with Gasteiger partial charge in [0.2, 0.25) is 0 Å². The van der Waals surface area contributed by atoms with E-state index in [9.17, 15) is 23.5 Å². The number of benzene rings is 2. The lowest BCUT2D eigenvalue weighted by Gasteiger charge is -2.40. The molecule has 2 aromatic rings. The Kier molecular flexibility index (Phi) is 6.33. The number of carboxylic acids is 1. The normalized spacial score (nSPS) is 16.3. The highest BCUT2D eigenvalue weighted by atomic mass is 32.2. The molecule has 0 saturated carbocycles. The van der Waals surface area contributed by atoms with E-state index in [1.54, 1.807) is 56.0 Å². The summed E-state index contributed by atoms with van der Waals surface area (Å²) in [4.78, 5) is 25.4. The van der Waals surface area contributed by atoms with Crippen molar-refractivity contribution < 1.29 is 28.2 Å². The molecule has 2 aromatic carbocycles. The van der Waals surface area contributed by atoms with Gasteiger partial charge in [0.15, 0.2) is 0 Å². The first-order valence-corrected chi connectivity index (χ1v) is 10.7. The Morgan fingerprint density at radius 1 is 1.13 bits per heavy atom. The highest BCUT2D eigenvalue weighted by Crippen LogP contribution is 2.33. The minimum atomic E-state index is -2.56. The minimum absolute atomic E-state index is 0.116. The molecule has 0 radical (unpaired) electrons. The number of carboxylic acid groups (broad SMARTS) is 1. The molecule has 1 fully saturated rings. The Bertz CT molecular complexity index is 979. The van der Waals surface area contributed by atoms with Crippen LogP contribution < -0.4 is 4.31 Å². The largest absolute Gasteiger partial charge is 0.755 e. The van der Waals surface area contributed by atoms with Crippen LogP contribution in [0.25, 0.3) is 10.8 Å². The number of hydrogen-bond acceptors (Lipinski definition) is 5. The van der Waals surface area contributed by atoms with Crippen molar-refractivity contribution in [2.45, 2.75) is 45.3 Å². The van der Waals surface area contributed by atoms with Gasteiger partial charge in [-0.15, -0.1) is 0 Å². The van der Waals surface area contributed by atoms with Crippen LogP contribution >= 0.6 is 0 Å². The summed E-state index contributed by atoms with van der Waals surface area (Å²) in [5.74, 6) is -1.07. The predicted molar refractivity (Wildman–Crippen MR) is 113 cm³/mol. The summed E-state index contributed by atoms with van der Waals surface area (Å²) < 4.78 is 31.0. The Hall–Kier alpha value is -2.65. The number of piperidine rings is 1. The van der Waals surface area contributed by atoms with Gasteiger partial charge in [0.1, 0.15) is 5.60 Å². The number of likely N-dealkylation sites (tertiary alicyclic amines) is 1. The molecule has 0 aliphatic carbocycles. The molecule has 3 rings (SSSR count). The van der Waals surface area contributed by atoms with Crippen molar-refractivity contribution in [3.8, 4) is 0 Å². The van der Waals surface area contributed by atoms with Crippen molar-refractivity contribution in [2.75, 3.05) is 17.4 Å². The molecule has 1 aliphatic rings. The van der Waals surface area contributed by atoms with Gasteiger partial charge in [-0.2, -0.15) is 0 Å². The fourth-order valence-corrected chi connectivity index (χ4v) is 4.45. The quantitative estimate of drug-likeness (QED) is 0.739. The van der Waals surface area contributed by atoms with Gasteiger partial charge in [-0.3, -0.25) is 8.51 Å². The van der Waals surface area contributed by atoms with Gasteiger partial charge in [0.05, 0.1) is 11.3 Å². The van der Waals surface area contributed by atoms with E-state index in [-0.39, 0.29) is 11.6 Å². The molecule has 1 unspecified atom stereocenters. The summed E-state index contributed by atoms with van der Waals surface area (Å²) in [6.45, 7) is 6.14. The third kappa shape index (κ3) is 4.73. The topological polar surface area (TPSA) is 110 Å². The molecule has 1 amide bonds. The number of hydrogen-bond donors (Lipinski definition) is 1. The van der Waals surface area contributed by atoms with Crippen LogP contribution in [0.4, 0.5) is 10.5 Å². The number of ether oxygens (including phenoxy) is 1. The first-order chi connectivity index (χ1) is 14.1. The SMILES string of the molecule is CC(C)(C)OC(=O)N1CCC(N(c2cccc3c(C(=O)O)cccc23)S(=O)[O-])CC1. The van der Waals surface area contributed by atoms with E-state index >= 15 is 0 Å². The maximum atomic E-state index is 12.3. The van der Waals surface area contributed by atoms with Gasteiger partial charge >= 0.3 is 12.1 Å². The predicted octanol–water partition coefficient (Wildman–Crippen LogP) is 3.54. The van der Waals surface area contributed by atoms with Gasteiger partial charge in [-0.25, -0.2) is 9.59 Å². The van der Waals surface area contributed by atoms with Crippen molar-refractivity contribution in [2.24, 2.45) is 0 Å². The fraction of sp³-hybridized carbons (Fsp3) is 0.429. The molecule has 0 aromatic heterocycles. The zero-order chi connectivity index (χ0) is 22.1. The lowest BCUT2D eigenvalue weighted by molar-refractivity contribution is 0.0207. The Morgan fingerprint density at radius 2 is 1.73 bits per heavy atom. The van der Waals surface area contributed by atoms with Gasteiger partial charge in [0.25, 0.3) is 0 Å². The summed E-state index contributed by atoms with van der Waals surface area (Å²) in [6, 6.07) is 9.45. The van der Waals surface area contributed by atoms with Crippen LogP contribution in [0.5, 0.6) is 0 Å². The second-order valence-electron chi connectivity index (χ2n) is 8.22. The number of rotatable bonds is 4. The maximum Gasteiger partial charge on any atom is 0.410 e. The van der Waals surface area contributed by atoms with E-state index in [1.807, 2.05) is 0 Å². The molecular formula is C21H25N2O6S-. The zero-order valence-electron chi connectivity index (χ0n) is 17.2. The van der Waals surface area contributed by atoms with E-state index in [2.05, 4.69) is 0 Å². The fourth-order valence-electron chi connectivity index (χ4n) is 3.68. The Labute approximate surface area is 177 Å². The number of fused-ring (bicyclic) bond motifs is 1. The Morgan fingerprint density at radius 3 is 2.30 bits per heavy atom. The smallest absolute Gasteiger partial charge is 0.410 e. The number of carbonyl (C=O) groups excluding carboxylic acids is 1. The molecule has 8 nitrogen and oxygen atoms in total. The van der Waals surface area contributed by atoms with Gasteiger partial charge in [-0.05, 0) is 51.1 Å². The molecule has 30 heavy (non-hydrogen) atoms. The van der Waals surface area contributed by atoms with Crippen LogP contribution in [0.2, 0.25) is 0 Å². The summed E-state index contributed by atoms with van der Waals surface area (Å²) >= 11 is -2.56. The number of carbonyl (C=O) groups is 2. The lowest BCUT2D eigenvalue weighted by Crippen LogP contribution is -2.48. The molecule has 162 valence electrons. The summed E-state index contributed by atoms with van der Waals surface area (Å²) in [7, 11) is 0. The van der Waals surface area contributed by atoms with Crippen molar-refractivity contribution in [3.05, 3.63) is 42.0 Å². The number of aromatic carboxylic acids is 1. The molecule has 0 bridgehead atoms. The minimum Gasteiger partial charge on any atom is -0.755 e. The molecule has 1 N–H and O–H groups in total. The van der Waals surface area contributed by atoms with Crippen molar-refractivity contribution in [1.29, 1.82) is 0 Å². The summed E-state index contributed by atoms with van der Waals surface area (Å²) in [6.07, 6.45) is 0.483. The number of anilines is 1. The number of nitrogens with zero attached hydrogens (tertiary/aromatic N) is 2. The van der Waals surface area contributed by atoms with Gasteiger partial charge < -0.3 is 19.3 Å². The van der Waals surface area contributed by atoms with Crippen molar-refractivity contribution >= 4 is 39.8 Å². The average Bonchev–Trinajstić information content (AvgIpc) is 2.66. The summed E-state index contributed by atoms with van der Waals surface area (Å²) in [5.41, 5.74) is -0.0493. The van der Waals surface area contributed by atoms with Crippen LogP contribution in [0, 0.1) is 0 Å². The van der Waals surface area contributed by atoms with E-state index in [4.69, 9.17) is 4.74 Å². The van der Waals surface area contributed by atoms with Crippen LogP contribution in [-0.2, 0) is 16.0 Å².